The SMILES string of the molecule is CC(N)c1nnc(N2CCC(C(C)O)C2)o1. The minimum atomic E-state index is -0.291. The Bertz CT molecular complexity index is 350. The fraction of sp³-hybridized carbons (Fsp3) is 0.800. The average Bonchev–Trinajstić information content (AvgIpc) is 2.86. The van der Waals surface area contributed by atoms with Crippen LogP contribution in [0.2, 0.25) is 0 Å². The van der Waals surface area contributed by atoms with Crippen LogP contribution in [-0.4, -0.2) is 34.5 Å². The van der Waals surface area contributed by atoms with E-state index in [1.54, 1.807) is 6.92 Å². The maximum absolute atomic E-state index is 9.50. The molecule has 1 fully saturated rings. The Balaban J connectivity index is 2.03. The summed E-state index contributed by atoms with van der Waals surface area (Å²) in [7, 11) is 0. The van der Waals surface area contributed by atoms with E-state index < -0.39 is 0 Å². The number of aliphatic hydroxyl groups is 1. The Morgan fingerprint density at radius 1 is 1.50 bits per heavy atom. The van der Waals surface area contributed by atoms with Crippen molar-refractivity contribution in [2.24, 2.45) is 11.7 Å². The number of hydrogen-bond donors (Lipinski definition) is 2. The lowest BCUT2D eigenvalue weighted by Gasteiger charge is -2.14. The van der Waals surface area contributed by atoms with Gasteiger partial charge in [-0.25, -0.2) is 0 Å². The lowest BCUT2D eigenvalue weighted by molar-refractivity contribution is 0.136. The van der Waals surface area contributed by atoms with Crippen LogP contribution in [0.4, 0.5) is 6.01 Å². The van der Waals surface area contributed by atoms with Gasteiger partial charge in [0.1, 0.15) is 0 Å². The lowest BCUT2D eigenvalue weighted by Crippen LogP contribution is -2.24. The van der Waals surface area contributed by atoms with Crippen molar-refractivity contribution in [1.29, 1.82) is 0 Å². The summed E-state index contributed by atoms with van der Waals surface area (Å²) in [5.41, 5.74) is 5.65. The van der Waals surface area contributed by atoms with Gasteiger partial charge in [-0.15, -0.1) is 5.10 Å². The molecule has 0 saturated carbocycles. The zero-order valence-electron chi connectivity index (χ0n) is 9.63. The molecule has 1 aromatic heterocycles. The Morgan fingerprint density at radius 3 is 2.75 bits per heavy atom. The first-order valence-corrected chi connectivity index (χ1v) is 5.60. The van der Waals surface area contributed by atoms with E-state index >= 15 is 0 Å². The summed E-state index contributed by atoms with van der Waals surface area (Å²) in [6.07, 6.45) is 0.661. The molecule has 3 unspecified atom stereocenters. The normalized spacial score (nSPS) is 24.8. The van der Waals surface area contributed by atoms with Gasteiger partial charge in [0.15, 0.2) is 0 Å². The van der Waals surface area contributed by atoms with Crippen LogP contribution in [-0.2, 0) is 0 Å². The van der Waals surface area contributed by atoms with Gasteiger partial charge in [0, 0.05) is 19.0 Å². The van der Waals surface area contributed by atoms with Crippen LogP contribution in [0.25, 0.3) is 0 Å². The summed E-state index contributed by atoms with van der Waals surface area (Å²) < 4.78 is 5.45. The minimum Gasteiger partial charge on any atom is -0.406 e. The molecule has 90 valence electrons. The quantitative estimate of drug-likeness (QED) is 0.770. The molecular weight excluding hydrogens is 208 g/mol. The second-order valence-corrected chi connectivity index (χ2v) is 4.45. The van der Waals surface area contributed by atoms with Crippen molar-refractivity contribution < 1.29 is 9.52 Å². The summed E-state index contributed by atoms with van der Waals surface area (Å²) in [6, 6.07) is 0.270. The molecule has 6 nitrogen and oxygen atoms in total. The Morgan fingerprint density at radius 2 is 2.25 bits per heavy atom. The molecule has 2 rings (SSSR count). The smallest absolute Gasteiger partial charge is 0.318 e. The molecule has 1 aromatic rings. The zero-order valence-corrected chi connectivity index (χ0v) is 9.63. The van der Waals surface area contributed by atoms with E-state index in [-0.39, 0.29) is 18.1 Å². The van der Waals surface area contributed by atoms with Crippen LogP contribution in [0.3, 0.4) is 0 Å². The fourth-order valence-electron chi connectivity index (χ4n) is 1.89. The molecule has 0 bridgehead atoms. The van der Waals surface area contributed by atoms with E-state index in [9.17, 15) is 5.11 Å². The van der Waals surface area contributed by atoms with E-state index in [0.717, 1.165) is 19.5 Å². The van der Waals surface area contributed by atoms with Gasteiger partial charge < -0.3 is 20.2 Å². The monoisotopic (exact) mass is 226 g/mol. The van der Waals surface area contributed by atoms with Crippen LogP contribution in [0.15, 0.2) is 4.42 Å². The molecule has 16 heavy (non-hydrogen) atoms. The van der Waals surface area contributed by atoms with Gasteiger partial charge in [0.2, 0.25) is 5.89 Å². The second-order valence-electron chi connectivity index (χ2n) is 4.45. The molecule has 1 aliphatic heterocycles. The van der Waals surface area contributed by atoms with Crippen molar-refractivity contribution >= 4 is 6.01 Å². The van der Waals surface area contributed by atoms with Crippen molar-refractivity contribution in [3.63, 3.8) is 0 Å². The van der Waals surface area contributed by atoms with Gasteiger partial charge in [0.05, 0.1) is 12.1 Å². The first-order valence-electron chi connectivity index (χ1n) is 5.60. The van der Waals surface area contributed by atoms with E-state index in [1.807, 2.05) is 11.8 Å². The van der Waals surface area contributed by atoms with E-state index in [1.165, 1.54) is 0 Å². The number of aliphatic hydroxyl groups excluding tert-OH is 1. The Kier molecular flexibility index (Phi) is 3.11. The molecule has 1 saturated heterocycles. The molecule has 0 radical (unpaired) electrons. The number of rotatable bonds is 3. The molecule has 0 spiro atoms. The van der Waals surface area contributed by atoms with E-state index in [4.69, 9.17) is 10.2 Å². The molecule has 0 aromatic carbocycles. The maximum Gasteiger partial charge on any atom is 0.318 e. The molecule has 2 heterocycles. The number of nitrogens with two attached hydrogens (primary N) is 1. The molecule has 3 atom stereocenters. The first kappa shape index (κ1) is 11.3. The Hall–Kier alpha value is -1.14. The van der Waals surface area contributed by atoms with Gasteiger partial charge in [-0.3, -0.25) is 0 Å². The first-order chi connectivity index (χ1) is 7.58. The average molecular weight is 226 g/mol. The minimum absolute atomic E-state index is 0.239. The van der Waals surface area contributed by atoms with Gasteiger partial charge >= 0.3 is 6.01 Å². The Labute approximate surface area is 94.4 Å². The number of hydrogen-bond acceptors (Lipinski definition) is 6. The van der Waals surface area contributed by atoms with Gasteiger partial charge in [0.25, 0.3) is 0 Å². The second kappa shape index (κ2) is 4.39. The van der Waals surface area contributed by atoms with Gasteiger partial charge in [-0.2, -0.15) is 0 Å². The van der Waals surface area contributed by atoms with Crippen molar-refractivity contribution in [2.75, 3.05) is 18.0 Å². The standard InChI is InChI=1S/C10H18N4O2/c1-6(11)9-12-13-10(16-9)14-4-3-8(5-14)7(2)15/h6-8,15H,3-5,11H2,1-2H3. The van der Waals surface area contributed by atoms with Crippen molar-refractivity contribution in [2.45, 2.75) is 32.4 Å². The maximum atomic E-state index is 9.50. The molecule has 6 heteroatoms. The summed E-state index contributed by atoms with van der Waals surface area (Å²) >= 11 is 0. The topological polar surface area (TPSA) is 88.4 Å². The lowest BCUT2D eigenvalue weighted by atomic mass is 10.0. The highest BCUT2D eigenvalue weighted by molar-refractivity contribution is 5.26. The third-order valence-electron chi connectivity index (χ3n) is 3.00. The van der Waals surface area contributed by atoms with Crippen molar-refractivity contribution in [3.8, 4) is 0 Å². The number of aromatic nitrogens is 2. The number of nitrogens with zero attached hydrogens (tertiary/aromatic N) is 3. The third kappa shape index (κ3) is 2.17. The predicted octanol–water partition coefficient (Wildman–Crippen LogP) is 0.296. The van der Waals surface area contributed by atoms with Crippen molar-refractivity contribution in [1.82, 2.24) is 10.2 Å². The zero-order chi connectivity index (χ0) is 11.7. The number of anilines is 1. The third-order valence-corrected chi connectivity index (χ3v) is 3.00. The highest BCUT2D eigenvalue weighted by atomic mass is 16.4. The molecule has 0 amide bonds. The summed E-state index contributed by atoms with van der Waals surface area (Å²) in [5, 5.41) is 17.3. The predicted molar refractivity (Wildman–Crippen MR) is 58.9 cm³/mol. The van der Waals surface area contributed by atoms with Gasteiger partial charge in [-0.1, -0.05) is 5.10 Å². The van der Waals surface area contributed by atoms with Crippen LogP contribution in [0, 0.1) is 5.92 Å². The van der Waals surface area contributed by atoms with Crippen molar-refractivity contribution in [3.05, 3.63) is 5.89 Å². The fourth-order valence-corrected chi connectivity index (χ4v) is 1.89. The van der Waals surface area contributed by atoms with E-state index in [2.05, 4.69) is 10.2 Å². The molecule has 1 aliphatic rings. The highest BCUT2D eigenvalue weighted by Crippen LogP contribution is 2.25. The molecular formula is C10H18N4O2. The summed E-state index contributed by atoms with van der Waals surface area (Å²) in [5.74, 6) is 0.737. The molecule has 3 N–H and O–H groups in total. The highest BCUT2D eigenvalue weighted by Gasteiger charge is 2.29. The summed E-state index contributed by atoms with van der Waals surface area (Å²) in [6.45, 7) is 5.23. The van der Waals surface area contributed by atoms with Gasteiger partial charge in [-0.05, 0) is 20.3 Å². The van der Waals surface area contributed by atoms with Crippen LogP contribution >= 0.6 is 0 Å². The summed E-state index contributed by atoms with van der Waals surface area (Å²) in [4.78, 5) is 2.00. The van der Waals surface area contributed by atoms with Crippen LogP contribution in [0.1, 0.15) is 32.2 Å². The largest absolute Gasteiger partial charge is 0.406 e. The molecule has 0 aliphatic carbocycles. The van der Waals surface area contributed by atoms with Crippen LogP contribution < -0.4 is 10.6 Å². The van der Waals surface area contributed by atoms with E-state index in [0.29, 0.717) is 11.9 Å². The van der Waals surface area contributed by atoms with Crippen LogP contribution in [0.5, 0.6) is 0 Å².